The van der Waals surface area contributed by atoms with Gasteiger partial charge < -0.3 is 8.85 Å². The molecule has 2 atom stereocenters. The van der Waals surface area contributed by atoms with Crippen molar-refractivity contribution >= 4 is 39.2 Å². The lowest BCUT2D eigenvalue weighted by atomic mass is 9.96. The summed E-state index contributed by atoms with van der Waals surface area (Å²) in [6, 6.07) is 3.69. The number of hydrogen-bond donors (Lipinski definition) is 0. The molecule has 2 nitrogen and oxygen atoms in total. The van der Waals surface area contributed by atoms with Crippen LogP contribution >= 0.6 is 22.6 Å². The Labute approximate surface area is 166 Å². The first kappa shape index (κ1) is 22.9. The Bertz CT molecular complexity index is 417. The third-order valence-corrected chi connectivity index (χ3v) is 16.3. The van der Waals surface area contributed by atoms with Crippen LogP contribution in [-0.4, -0.2) is 33.3 Å². The molecule has 0 saturated heterocycles. The van der Waals surface area contributed by atoms with Crippen molar-refractivity contribution in [3.8, 4) is 0 Å². The Morgan fingerprint density at radius 1 is 1.08 bits per heavy atom. The summed E-state index contributed by atoms with van der Waals surface area (Å²) in [5, 5.41) is 0.256. The van der Waals surface area contributed by atoms with E-state index in [4.69, 9.17) is 8.85 Å². The molecule has 0 amide bonds. The standard InChI is InChI=1S/C19H39IO2Si2/c1-9-24(10-2,11-3)21-17-13-12-16(15-20)18(14-17)22-23(7,8)19(4,5)6/h12,17-18H,9-11,13-15H2,1-8H3/t17-,18-/m1/s1. The van der Waals surface area contributed by atoms with Gasteiger partial charge in [0.2, 0.25) is 0 Å². The van der Waals surface area contributed by atoms with E-state index in [0.717, 1.165) is 17.3 Å². The molecule has 1 rings (SSSR count). The number of hydrogen-bond acceptors (Lipinski definition) is 2. The van der Waals surface area contributed by atoms with Crippen molar-refractivity contribution < 1.29 is 8.85 Å². The smallest absolute Gasteiger partial charge is 0.192 e. The highest BCUT2D eigenvalue weighted by atomic mass is 127. The second-order valence-corrected chi connectivity index (χ2v) is 19.0. The molecule has 142 valence electrons. The number of rotatable bonds is 8. The van der Waals surface area contributed by atoms with Crippen molar-refractivity contribution in [2.45, 2.75) is 103 Å². The topological polar surface area (TPSA) is 18.5 Å². The third kappa shape index (κ3) is 5.66. The highest BCUT2D eigenvalue weighted by Gasteiger charge is 2.41. The van der Waals surface area contributed by atoms with Gasteiger partial charge in [-0.15, -0.1) is 0 Å². The minimum Gasteiger partial charge on any atom is -0.414 e. The SMILES string of the molecule is CC[Si](CC)(CC)O[C@@H]1CC=C(CI)[C@H](O[Si](C)(C)C(C)(C)C)C1. The van der Waals surface area contributed by atoms with Gasteiger partial charge in [-0.05, 0) is 48.3 Å². The molecule has 24 heavy (non-hydrogen) atoms. The van der Waals surface area contributed by atoms with Crippen molar-refractivity contribution in [1.82, 2.24) is 0 Å². The van der Waals surface area contributed by atoms with E-state index in [-0.39, 0.29) is 11.1 Å². The maximum absolute atomic E-state index is 6.79. The quantitative estimate of drug-likeness (QED) is 0.162. The maximum atomic E-state index is 6.79. The van der Waals surface area contributed by atoms with E-state index in [0.29, 0.717) is 6.10 Å². The minimum absolute atomic E-state index is 0.256. The summed E-state index contributed by atoms with van der Waals surface area (Å²) in [5.41, 5.74) is 1.48. The van der Waals surface area contributed by atoms with Crippen molar-refractivity contribution in [3.05, 3.63) is 11.6 Å². The van der Waals surface area contributed by atoms with Gasteiger partial charge >= 0.3 is 0 Å². The molecular formula is C19H39IO2Si2. The van der Waals surface area contributed by atoms with E-state index in [1.807, 2.05) is 0 Å². The van der Waals surface area contributed by atoms with Gasteiger partial charge in [-0.1, -0.05) is 70.2 Å². The van der Waals surface area contributed by atoms with Gasteiger partial charge in [0, 0.05) is 10.8 Å². The van der Waals surface area contributed by atoms with Crippen LogP contribution in [0.3, 0.4) is 0 Å². The molecule has 0 bridgehead atoms. The van der Waals surface area contributed by atoms with Crippen LogP contribution in [-0.2, 0) is 8.85 Å². The Balaban J connectivity index is 2.90. The first-order valence-corrected chi connectivity index (χ1v) is 16.6. The predicted molar refractivity (Wildman–Crippen MR) is 120 cm³/mol. The summed E-state index contributed by atoms with van der Waals surface area (Å²) < 4.78 is 14.6. The van der Waals surface area contributed by atoms with Gasteiger partial charge in [0.15, 0.2) is 16.6 Å². The number of alkyl halides is 1. The lowest BCUT2D eigenvalue weighted by Gasteiger charge is -2.43. The van der Waals surface area contributed by atoms with Gasteiger partial charge in [0.25, 0.3) is 0 Å². The van der Waals surface area contributed by atoms with E-state index < -0.39 is 16.6 Å². The Morgan fingerprint density at radius 3 is 2.04 bits per heavy atom. The van der Waals surface area contributed by atoms with Gasteiger partial charge in [-0.25, -0.2) is 0 Å². The summed E-state index contributed by atoms with van der Waals surface area (Å²) in [7, 11) is -3.29. The van der Waals surface area contributed by atoms with Crippen molar-refractivity contribution in [3.63, 3.8) is 0 Å². The molecule has 1 aliphatic rings. The van der Waals surface area contributed by atoms with Crippen molar-refractivity contribution in [2.75, 3.05) is 4.43 Å². The molecule has 0 aromatic heterocycles. The molecular weight excluding hydrogens is 443 g/mol. The van der Waals surface area contributed by atoms with E-state index in [9.17, 15) is 0 Å². The van der Waals surface area contributed by atoms with E-state index in [2.05, 4.69) is 83.3 Å². The van der Waals surface area contributed by atoms with Crippen LogP contribution in [0.1, 0.15) is 54.4 Å². The average Bonchev–Trinajstić information content (AvgIpc) is 2.51. The van der Waals surface area contributed by atoms with Crippen LogP contribution in [0.4, 0.5) is 0 Å². The maximum Gasteiger partial charge on any atom is 0.192 e. The molecule has 0 heterocycles. The van der Waals surface area contributed by atoms with Crippen LogP contribution < -0.4 is 0 Å². The predicted octanol–water partition coefficient (Wildman–Crippen LogP) is 6.92. The molecule has 0 fully saturated rings. The molecule has 0 aromatic carbocycles. The fourth-order valence-corrected chi connectivity index (χ4v) is 8.16. The summed E-state index contributed by atoms with van der Waals surface area (Å²) in [6.45, 7) is 18.7. The van der Waals surface area contributed by atoms with Crippen LogP contribution in [0.2, 0.25) is 36.3 Å². The zero-order chi connectivity index (χ0) is 18.6. The summed E-state index contributed by atoms with van der Waals surface area (Å²) >= 11 is 2.49. The summed E-state index contributed by atoms with van der Waals surface area (Å²) in [5.74, 6) is 0. The zero-order valence-corrected chi connectivity index (χ0v) is 21.3. The summed E-state index contributed by atoms with van der Waals surface area (Å²) in [4.78, 5) is 0. The van der Waals surface area contributed by atoms with Crippen molar-refractivity contribution in [1.29, 1.82) is 0 Å². The zero-order valence-electron chi connectivity index (χ0n) is 17.2. The van der Waals surface area contributed by atoms with Crippen LogP contribution in [0.5, 0.6) is 0 Å². The van der Waals surface area contributed by atoms with Gasteiger partial charge in [0.05, 0.1) is 12.2 Å². The fraction of sp³-hybridized carbons (Fsp3) is 0.895. The van der Waals surface area contributed by atoms with Crippen LogP contribution in [0, 0.1) is 0 Å². The molecule has 0 unspecified atom stereocenters. The highest BCUT2D eigenvalue weighted by Crippen LogP contribution is 2.40. The molecule has 0 spiro atoms. The van der Waals surface area contributed by atoms with E-state index in [1.165, 1.54) is 23.7 Å². The Hall–Kier alpha value is 0.824. The van der Waals surface area contributed by atoms with E-state index in [1.54, 1.807) is 0 Å². The first-order valence-electron chi connectivity index (χ1n) is 9.64. The molecule has 0 aromatic rings. The van der Waals surface area contributed by atoms with Gasteiger partial charge in [0.1, 0.15) is 0 Å². The highest BCUT2D eigenvalue weighted by molar-refractivity contribution is 14.1. The molecule has 0 radical (unpaired) electrons. The molecule has 0 saturated carbocycles. The monoisotopic (exact) mass is 482 g/mol. The average molecular weight is 483 g/mol. The van der Waals surface area contributed by atoms with Gasteiger partial charge in [-0.2, -0.15) is 0 Å². The lowest BCUT2D eigenvalue weighted by Crippen LogP contribution is -2.47. The third-order valence-electron chi connectivity index (χ3n) is 6.28. The molecule has 0 aliphatic heterocycles. The lowest BCUT2D eigenvalue weighted by molar-refractivity contribution is 0.104. The van der Waals surface area contributed by atoms with E-state index >= 15 is 0 Å². The minimum atomic E-state index is -1.75. The largest absolute Gasteiger partial charge is 0.414 e. The molecule has 1 aliphatic carbocycles. The second-order valence-electron chi connectivity index (χ2n) is 8.73. The summed E-state index contributed by atoms with van der Waals surface area (Å²) in [6.07, 6.45) is 5.16. The van der Waals surface area contributed by atoms with Crippen LogP contribution in [0.15, 0.2) is 11.6 Å². The van der Waals surface area contributed by atoms with Gasteiger partial charge in [-0.3, -0.25) is 0 Å². The number of halogens is 1. The molecule has 0 N–H and O–H groups in total. The molecule has 5 heteroatoms. The first-order chi connectivity index (χ1) is 11.0. The Morgan fingerprint density at radius 2 is 1.62 bits per heavy atom. The normalized spacial score (nSPS) is 23.3. The second kappa shape index (κ2) is 9.15. The fourth-order valence-electron chi connectivity index (χ4n) is 3.15. The van der Waals surface area contributed by atoms with Crippen molar-refractivity contribution in [2.24, 2.45) is 0 Å². The van der Waals surface area contributed by atoms with Crippen LogP contribution in [0.25, 0.3) is 0 Å². The Kier molecular flexibility index (Phi) is 8.72.